The second-order valence-electron chi connectivity index (χ2n) is 2.72. The van der Waals surface area contributed by atoms with Crippen LogP contribution in [0.1, 0.15) is 6.42 Å². The summed E-state index contributed by atoms with van der Waals surface area (Å²) >= 11 is 0. The van der Waals surface area contributed by atoms with Crippen molar-refractivity contribution in [3.8, 4) is 0 Å². The van der Waals surface area contributed by atoms with Gasteiger partial charge in [0, 0.05) is 18.6 Å². The number of hydrogen-bond acceptors (Lipinski definition) is 3. The lowest BCUT2D eigenvalue weighted by Gasteiger charge is -2.11. The number of carbonyl (C=O) groups is 1. The molecular formula is C8H13NO2. The number of hydrogen-bond donors (Lipinski definition) is 1. The van der Waals surface area contributed by atoms with Gasteiger partial charge in [0.05, 0.1) is 6.61 Å². The van der Waals surface area contributed by atoms with E-state index in [4.69, 9.17) is 10.5 Å². The average Bonchev–Trinajstić information content (AvgIpc) is 2.52. The maximum atomic E-state index is 9.95. The van der Waals surface area contributed by atoms with Crippen molar-refractivity contribution >= 4 is 6.29 Å². The highest BCUT2D eigenvalue weighted by molar-refractivity contribution is 5.64. The van der Waals surface area contributed by atoms with Crippen LogP contribution in [0.4, 0.5) is 0 Å². The standard InChI is InChI=1S/C8H13NO2/c9-8(2-1-4-10)7-3-5-11-6-7/h1-2,4,7-8H,3,5-6,9H2. The third-order valence-electron chi connectivity index (χ3n) is 1.92. The van der Waals surface area contributed by atoms with Gasteiger partial charge in [-0.25, -0.2) is 0 Å². The second-order valence-corrected chi connectivity index (χ2v) is 2.72. The summed E-state index contributed by atoms with van der Waals surface area (Å²) in [5.74, 6) is 0.395. The van der Waals surface area contributed by atoms with Gasteiger partial charge in [-0.2, -0.15) is 0 Å². The molecule has 0 spiro atoms. The Morgan fingerprint density at radius 3 is 3.00 bits per heavy atom. The van der Waals surface area contributed by atoms with E-state index in [1.165, 1.54) is 6.08 Å². The van der Waals surface area contributed by atoms with E-state index in [0.29, 0.717) is 5.92 Å². The summed E-state index contributed by atoms with van der Waals surface area (Å²) in [5, 5.41) is 0. The van der Waals surface area contributed by atoms with E-state index >= 15 is 0 Å². The van der Waals surface area contributed by atoms with Crippen LogP contribution in [0, 0.1) is 5.92 Å². The summed E-state index contributed by atoms with van der Waals surface area (Å²) in [4.78, 5) is 9.95. The van der Waals surface area contributed by atoms with Crippen molar-refractivity contribution in [2.75, 3.05) is 13.2 Å². The highest BCUT2D eigenvalue weighted by atomic mass is 16.5. The number of allylic oxidation sites excluding steroid dienone is 1. The zero-order valence-electron chi connectivity index (χ0n) is 6.40. The second kappa shape index (κ2) is 4.26. The summed E-state index contributed by atoms with van der Waals surface area (Å²) in [7, 11) is 0. The molecule has 2 unspecified atom stereocenters. The van der Waals surface area contributed by atoms with Crippen LogP contribution in [0.5, 0.6) is 0 Å². The average molecular weight is 155 g/mol. The van der Waals surface area contributed by atoms with Crippen LogP contribution in [-0.2, 0) is 9.53 Å². The number of ether oxygens (including phenoxy) is 1. The molecule has 1 rings (SSSR count). The topological polar surface area (TPSA) is 52.3 Å². The molecule has 0 amide bonds. The first kappa shape index (κ1) is 8.43. The molecule has 1 aliphatic heterocycles. The van der Waals surface area contributed by atoms with Crippen molar-refractivity contribution in [1.29, 1.82) is 0 Å². The number of rotatable bonds is 3. The molecule has 1 heterocycles. The van der Waals surface area contributed by atoms with Gasteiger partial charge >= 0.3 is 0 Å². The van der Waals surface area contributed by atoms with E-state index in [9.17, 15) is 4.79 Å². The summed E-state index contributed by atoms with van der Waals surface area (Å²) in [6.07, 6.45) is 4.93. The molecule has 1 aliphatic rings. The summed E-state index contributed by atoms with van der Waals surface area (Å²) in [5.41, 5.74) is 5.74. The maximum Gasteiger partial charge on any atom is 0.142 e. The lowest BCUT2D eigenvalue weighted by Crippen LogP contribution is -2.28. The molecule has 11 heavy (non-hydrogen) atoms. The zero-order chi connectivity index (χ0) is 8.10. The lowest BCUT2D eigenvalue weighted by atomic mass is 10.00. The van der Waals surface area contributed by atoms with Crippen molar-refractivity contribution < 1.29 is 9.53 Å². The van der Waals surface area contributed by atoms with E-state index in [1.54, 1.807) is 6.08 Å². The van der Waals surface area contributed by atoms with Crippen molar-refractivity contribution in [2.45, 2.75) is 12.5 Å². The number of nitrogens with two attached hydrogens (primary N) is 1. The van der Waals surface area contributed by atoms with Crippen LogP contribution in [0.2, 0.25) is 0 Å². The van der Waals surface area contributed by atoms with Crippen molar-refractivity contribution in [1.82, 2.24) is 0 Å². The van der Waals surface area contributed by atoms with Gasteiger partial charge in [0.1, 0.15) is 6.29 Å². The van der Waals surface area contributed by atoms with Gasteiger partial charge in [-0.1, -0.05) is 6.08 Å². The summed E-state index contributed by atoms with van der Waals surface area (Å²) in [6.45, 7) is 1.53. The van der Waals surface area contributed by atoms with Gasteiger partial charge in [-0.15, -0.1) is 0 Å². The van der Waals surface area contributed by atoms with E-state index in [2.05, 4.69) is 0 Å². The molecule has 0 aromatic heterocycles. The van der Waals surface area contributed by atoms with Crippen LogP contribution in [0.15, 0.2) is 12.2 Å². The van der Waals surface area contributed by atoms with Crippen molar-refractivity contribution in [3.63, 3.8) is 0 Å². The lowest BCUT2D eigenvalue weighted by molar-refractivity contribution is -0.104. The largest absolute Gasteiger partial charge is 0.381 e. The molecule has 2 N–H and O–H groups in total. The summed E-state index contributed by atoms with van der Waals surface area (Å²) in [6, 6.07) is -0.0253. The molecule has 1 fully saturated rings. The molecule has 62 valence electrons. The molecule has 0 aromatic rings. The van der Waals surface area contributed by atoms with Gasteiger partial charge in [-0.05, 0) is 12.5 Å². The Hall–Kier alpha value is -0.670. The third-order valence-corrected chi connectivity index (χ3v) is 1.92. The van der Waals surface area contributed by atoms with Crippen LogP contribution < -0.4 is 5.73 Å². The minimum absolute atomic E-state index is 0.0253. The molecule has 2 atom stereocenters. The minimum Gasteiger partial charge on any atom is -0.381 e. The SMILES string of the molecule is NC(C=CC=O)C1CCOC1. The Morgan fingerprint density at radius 1 is 1.64 bits per heavy atom. The van der Waals surface area contributed by atoms with Gasteiger partial charge in [0.25, 0.3) is 0 Å². The first-order chi connectivity index (χ1) is 5.34. The molecule has 0 saturated carbocycles. The molecule has 3 nitrogen and oxygen atoms in total. The molecule has 0 bridgehead atoms. The summed E-state index contributed by atoms with van der Waals surface area (Å²) < 4.78 is 5.16. The Bertz CT molecular complexity index is 150. The fourth-order valence-corrected chi connectivity index (χ4v) is 1.19. The molecule has 0 aliphatic carbocycles. The van der Waals surface area contributed by atoms with Crippen LogP contribution in [-0.4, -0.2) is 25.5 Å². The van der Waals surface area contributed by atoms with E-state index in [0.717, 1.165) is 25.9 Å². The Morgan fingerprint density at radius 2 is 2.45 bits per heavy atom. The Balaban J connectivity index is 2.33. The predicted molar refractivity (Wildman–Crippen MR) is 42.1 cm³/mol. The van der Waals surface area contributed by atoms with Gasteiger partial charge in [-0.3, -0.25) is 4.79 Å². The van der Waals surface area contributed by atoms with Crippen LogP contribution in [0.3, 0.4) is 0 Å². The van der Waals surface area contributed by atoms with Gasteiger partial charge in [0.15, 0.2) is 0 Å². The molecule has 0 aromatic carbocycles. The highest BCUT2D eigenvalue weighted by Crippen LogP contribution is 2.15. The number of aldehydes is 1. The van der Waals surface area contributed by atoms with Crippen LogP contribution in [0.25, 0.3) is 0 Å². The predicted octanol–water partition coefficient (Wildman–Crippen LogP) is 0.105. The third kappa shape index (κ3) is 2.44. The first-order valence-corrected chi connectivity index (χ1v) is 3.80. The van der Waals surface area contributed by atoms with E-state index in [-0.39, 0.29) is 6.04 Å². The molecule has 1 saturated heterocycles. The fraction of sp³-hybridized carbons (Fsp3) is 0.625. The fourth-order valence-electron chi connectivity index (χ4n) is 1.19. The molecular weight excluding hydrogens is 142 g/mol. The van der Waals surface area contributed by atoms with Gasteiger partial charge in [0.2, 0.25) is 0 Å². The van der Waals surface area contributed by atoms with Crippen LogP contribution >= 0.6 is 0 Å². The monoisotopic (exact) mass is 155 g/mol. The maximum absolute atomic E-state index is 9.95. The zero-order valence-corrected chi connectivity index (χ0v) is 6.40. The first-order valence-electron chi connectivity index (χ1n) is 3.80. The highest BCUT2D eigenvalue weighted by Gasteiger charge is 2.20. The number of carbonyl (C=O) groups excluding carboxylic acids is 1. The van der Waals surface area contributed by atoms with Crippen molar-refractivity contribution in [2.24, 2.45) is 11.7 Å². The smallest absolute Gasteiger partial charge is 0.142 e. The Labute approximate surface area is 66.2 Å². The van der Waals surface area contributed by atoms with Crippen molar-refractivity contribution in [3.05, 3.63) is 12.2 Å². The molecule has 3 heteroatoms. The normalized spacial score (nSPS) is 27.5. The minimum atomic E-state index is -0.0253. The Kier molecular flexibility index (Phi) is 3.26. The quantitative estimate of drug-likeness (QED) is 0.464. The van der Waals surface area contributed by atoms with E-state index in [1.807, 2.05) is 0 Å². The van der Waals surface area contributed by atoms with E-state index < -0.39 is 0 Å². The molecule has 0 radical (unpaired) electrons. The van der Waals surface area contributed by atoms with Gasteiger partial charge < -0.3 is 10.5 Å².